The summed E-state index contributed by atoms with van der Waals surface area (Å²) in [6.45, 7) is 7.24. The standard InChI is InChI=1S/C30H28N6O2/c1-30(2,3)38-29(37)35-18-26-27(35)17-34(26)21-10-8-19(9-11-21)20-14-32-28-24(15-33-36(28)16-20)22-12-13-31-25-7-5-4-6-23(22)25/h4-16,26-27H,17-18H2,1-3H3/t26?,27-/m1/s1. The van der Waals surface area contributed by atoms with Gasteiger partial charge in [-0.05, 0) is 56.2 Å². The van der Waals surface area contributed by atoms with Crippen LogP contribution < -0.4 is 4.90 Å². The first kappa shape index (κ1) is 22.7. The SMILES string of the molecule is CC(C)(C)OC(=O)N1CC2[C@H]1CN2c1ccc(-c2cnc3c(-c4ccnc5ccccc45)cnn3c2)cc1. The van der Waals surface area contributed by atoms with Gasteiger partial charge in [-0.25, -0.2) is 14.3 Å². The molecule has 38 heavy (non-hydrogen) atoms. The van der Waals surface area contributed by atoms with Gasteiger partial charge >= 0.3 is 6.09 Å². The molecule has 3 aromatic heterocycles. The van der Waals surface area contributed by atoms with Gasteiger partial charge in [0.1, 0.15) is 5.60 Å². The molecule has 8 heteroatoms. The molecule has 5 aromatic rings. The molecule has 2 aliphatic heterocycles. The Morgan fingerprint density at radius 3 is 2.47 bits per heavy atom. The van der Waals surface area contributed by atoms with Gasteiger partial charge in [0.15, 0.2) is 5.65 Å². The van der Waals surface area contributed by atoms with Crippen molar-refractivity contribution in [2.75, 3.05) is 18.0 Å². The first-order valence-corrected chi connectivity index (χ1v) is 12.9. The Morgan fingerprint density at radius 2 is 1.71 bits per heavy atom. The fourth-order valence-electron chi connectivity index (χ4n) is 5.47. The number of piperazine rings is 1. The summed E-state index contributed by atoms with van der Waals surface area (Å²) in [4.78, 5) is 25.8. The number of nitrogens with zero attached hydrogens (tertiary/aromatic N) is 6. The number of likely N-dealkylation sites (tertiary alicyclic amines) is 1. The van der Waals surface area contributed by atoms with Crippen molar-refractivity contribution in [3.05, 3.63) is 79.4 Å². The first-order chi connectivity index (χ1) is 18.4. The summed E-state index contributed by atoms with van der Waals surface area (Å²) in [6, 6.07) is 19.3. The number of fused-ring (bicyclic) bond motifs is 3. The third kappa shape index (κ3) is 3.67. The highest BCUT2D eigenvalue weighted by atomic mass is 16.6. The molecule has 2 aliphatic rings. The minimum atomic E-state index is -0.468. The van der Waals surface area contributed by atoms with E-state index in [0.29, 0.717) is 12.6 Å². The van der Waals surface area contributed by atoms with E-state index in [1.54, 1.807) is 0 Å². The van der Waals surface area contributed by atoms with Crippen molar-refractivity contribution in [2.24, 2.45) is 0 Å². The topological polar surface area (TPSA) is 75.9 Å². The zero-order valence-electron chi connectivity index (χ0n) is 21.6. The van der Waals surface area contributed by atoms with Crippen LogP contribution in [0.5, 0.6) is 0 Å². The van der Waals surface area contributed by atoms with Crippen molar-refractivity contribution in [1.82, 2.24) is 24.5 Å². The Morgan fingerprint density at radius 1 is 0.895 bits per heavy atom. The van der Waals surface area contributed by atoms with Crippen molar-refractivity contribution >= 4 is 28.3 Å². The van der Waals surface area contributed by atoms with E-state index < -0.39 is 5.60 Å². The summed E-state index contributed by atoms with van der Waals surface area (Å²) in [7, 11) is 0. The maximum atomic E-state index is 12.4. The number of hydrogen-bond donors (Lipinski definition) is 0. The van der Waals surface area contributed by atoms with Crippen molar-refractivity contribution in [1.29, 1.82) is 0 Å². The van der Waals surface area contributed by atoms with Crippen molar-refractivity contribution < 1.29 is 9.53 Å². The molecule has 0 saturated carbocycles. The van der Waals surface area contributed by atoms with Crippen LogP contribution in [0.15, 0.2) is 79.4 Å². The smallest absolute Gasteiger partial charge is 0.410 e. The largest absolute Gasteiger partial charge is 0.444 e. The third-order valence-electron chi connectivity index (χ3n) is 7.47. The van der Waals surface area contributed by atoms with E-state index in [1.807, 2.05) is 79.2 Å². The van der Waals surface area contributed by atoms with Gasteiger partial charge in [-0.1, -0.05) is 30.3 Å². The van der Waals surface area contributed by atoms with E-state index in [9.17, 15) is 4.79 Å². The van der Waals surface area contributed by atoms with E-state index in [1.165, 1.54) is 5.69 Å². The zero-order chi connectivity index (χ0) is 26.0. The molecule has 0 aliphatic carbocycles. The van der Waals surface area contributed by atoms with Crippen LogP contribution in [0.4, 0.5) is 10.5 Å². The monoisotopic (exact) mass is 504 g/mol. The molecule has 1 unspecified atom stereocenters. The molecule has 7 rings (SSSR count). The number of pyridine rings is 1. The second-order valence-corrected chi connectivity index (χ2v) is 11.0. The van der Waals surface area contributed by atoms with Crippen molar-refractivity contribution in [3.8, 4) is 22.3 Å². The number of anilines is 1. The molecule has 8 nitrogen and oxygen atoms in total. The fraction of sp³-hybridized carbons (Fsp3) is 0.267. The summed E-state index contributed by atoms with van der Waals surface area (Å²) in [6.07, 6.45) is 7.42. The van der Waals surface area contributed by atoms with Crippen LogP contribution in [0.3, 0.4) is 0 Å². The maximum absolute atomic E-state index is 12.4. The molecular weight excluding hydrogens is 476 g/mol. The van der Waals surface area contributed by atoms with E-state index in [4.69, 9.17) is 9.72 Å². The predicted molar refractivity (Wildman–Crippen MR) is 147 cm³/mol. The van der Waals surface area contributed by atoms with E-state index in [0.717, 1.165) is 45.3 Å². The van der Waals surface area contributed by atoms with Gasteiger partial charge in [0, 0.05) is 53.9 Å². The van der Waals surface area contributed by atoms with Crippen molar-refractivity contribution in [3.63, 3.8) is 0 Å². The fourth-order valence-corrected chi connectivity index (χ4v) is 5.47. The van der Waals surface area contributed by atoms with Gasteiger partial charge in [0.2, 0.25) is 0 Å². The Hall–Kier alpha value is -4.46. The third-order valence-corrected chi connectivity index (χ3v) is 7.47. The Bertz CT molecular complexity index is 1680. The van der Waals surface area contributed by atoms with E-state index >= 15 is 0 Å². The maximum Gasteiger partial charge on any atom is 0.410 e. The number of benzene rings is 2. The molecule has 5 heterocycles. The number of carbonyl (C=O) groups is 1. The average Bonchev–Trinajstić information content (AvgIpc) is 3.32. The average molecular weight is 505 g/mol. The summed E-state index contributed by atoms with van der Waals surface area (Å²) in [5, 5.41) is 5.69. The molecule has 0 spiro atoms. The van der Waals surface area contributed by atoms with Gasteiger partial charge in [0.25, 0.3) is 0 Å². The molecule has 0 N–H and O–H groups in total. The second-order valence-electron chi connectivity index (χ2n) is 11.0. The molecule has 0 bridgehead atoms. The molecule has 2 atom stereocenters. The summed E-state index contributed by atoms with van der Waals surface area (Å²) in [5.41, 5.74) is 6.60. The number of amides is 1. The number of aromatic nitrogens is 4. The Labute approximate surface area is 220 Å². The zero-order valence-corrected chi connectivity index (χ0v) is 21.6. The van der Waals surface area contributed by atoms with Gasteiger partial charge in [0.05, 0.1) is 23.8 Å². The van der Waals surface area contributed by atoms with Crippen LogP contribution >= 0.6 is 0 Å². The lowest BCUT2D eigenvalue weighted by molar-refractivity contribution is -0.0309. The number of para-hydroxylation sites is 1. The molecule has 2 fully saturated rings. The minimum Gasteiger partial charge on any atom is -0.444 e. The Kier molecular flexibility index (Phi) is 4.95. The lowest BCUT2D eigenvalue weighted by atomic mass is 9.85. The van der Waals surface area contributed by atoms with E-state index in [2.05, 4.69) is 45.3 Å². The van der Waals surface area contributed by atoms with Crippen LogP contribution in [0.1, 0.15) is 20.8 Å². The number of rotatable bonds is 3. The molecular formula is C30H28N6O2. The highest BCUT2D eigenvalue weighted by molar-refractivity contribution is 5.97. The predicted octanol–water partition coefficient (Wildman–Crippen LogP) is 5.42. The molecule has 0 radical (unpaired) electrons. The van der Waals surface area contributed by atoms with Gasteiger partial charge in [-0.2, -0.15) is 5.10 Å². The van der Waals surface area contributed by atoms with Crippen molar-refractivity contribution in [2.45, 2.75) is 38.5 Å². The van der Waals surface area contributed by atoms with E-state index in [-0.39, 0.29) is 12.1 Å². The minimum absolute atomic E-state index is 0.212. The highest BCUT2D eigenvalue weighted by Gasteiger charge is 2.54. The van der Waals surface area contributed by atoms with Gasteiger partial charge in [-0.15, -0.1) is 0 Å². The molecule has 2 saturated heterocycles. The highest BCUT2D eigenvalue weighted by Crippen LogP contribution is 2.39. The van der Waals surface area contributed by atoms with Crippen LogP contribution in [-0.4, -0.2) is 61.3 Å². The lowest BCUT2D eigenvalue weighted by Crippen LogP contribution is -2.80. The van der Waals surface area contributed by atoms with Gasteiger partial charge in [-0.3, -0.25) is 9.88 Å². The number of ether oxygens (including phenoxy) is 1. The number of carbonyl (C=O) groups excluding carboxylic acids is 1. The molecule has 1 amide bonds. The molecule has 190 valence electrons. The lowest BCUT2D eigenvalue weighted by Gasteiger charge is -2.62. The first-order valence-electron chi connectivity index (χ1n) is 12.9. The van der Waals surface area contributed by atoms with Crippen LogP contribution in [0, 0.1) is 0 Å². The Balaban J connectivity index is 1.08. The molecule has 2 aromatic carbocycles. The number of hydrogen-bond acceptors (Lipinski definition) is 6. The summed E-state index contributed by atoms with van der Waals surface area (Å²) >= 11 is 0. The normalized spacial score (nSPS) is 18.7. The summed E-state index contributed by atoms with van der Waals surface area (Å²) < 4.78 is 7.37. The van der Waals surface area contributed by atoms with Crippen LogP contribution in [0.2, 0.25) is 0 Å². The summed E-state index contributed by atoms with van der Waals surface area (Å²) in [5.74, 6) is 0. The second kappa shape index (κ2) is 8.28. The van der Waals surface area contributed by atoms with Gasteiger partial charge < -0.3 is 9.64 Å². The van der Waals surface area contributed by atoms with Crippen LogP contribution in [-0.2, 0) is 4.74 Å². The van der Waals surface area contributed by atoms with Crippen LogP contribution in [0.25, 0.3) is 38.8 Å². The quantitative estimate of drug-likeness (QED) is 0.327.